The maximum atomic E-state index is 13.8. The van der Waals surface area contributed by atoms with Crippen molar-refractivity contribution in [1.29, 1.82) is 0 Å². The van der Waals surface area contributed by atoms with Crippen LogP contribution in [0.3, 0.4) is 0 Å². The quantitative estimate of drug-likeness (QED) is 0.465. The topological polar surface area (TPSA) is 101 Å². The fourth-order valence-electron chi connectivity index (χ4n) is 3.91. The van der Waals surface area contributed by atoms with Crippen LogP contribution in [0.15, 0.2) is 88.5 Å². The molecule has 0 saturated carbocycles. The molecule has 7 nitrogen and oxygen atoms in total. The number of hydrogen-bond acceptors (Lipinski definition) is 4. The van der Waals surface area contributed by atoms with Crippen molar-refractivity contribution < 1.29 is 4.79 Å². The van der Waals surface area contributed by atoms with Crippen molar-refractivity contribution in [2.45, 2.75) is 26.9 Å². The number of nitrogens with one attached hydrogen (secondary N) is 1. The minimum atomic E-state index is -0.707. The highest BCUT2D eigenvalue weighted by Crippen LogP contribution is 2.24. The molecule has 4 rings (SSSR count). The number of H-pyrrole nitrogens is 1. The summed E-state index contributed by atoms with van der Waals surface area (Å²) in [6, 6.07) is 24.1. The predicted molar refractivity (Wildman–Crippen MR) is 134 cm³/mol. The molecule has 0 fully saturated rings. The van der Waals surface area contributed by atoms with Crippen LogP contribution in [0.2, 0.25) is 0 Å². The third kappa shape index (κ3) is 4.54. The molecule has 0 aliphatic carbocycles. The Bertz CT molecular complexity index is 1440. The average molecular weight is 455 g/mol. The molecule has 4 aromatic rings. The van der Waals surface area contributed by atoms with Gasteiger partial charge in [-0.25, -0.2) is 4.79 Å². The summed E-state index contributed by atoms with van der Waals surface area (Å²) in [5.41, 5.74) is 8.94. The second-order valence-electron chi connectivity index (χ2n) is 8.19. The van der Waals surface area contributed by atoms with Crippen LogP contribution in [-0.4, -0.2) is 15.5 Å². The summed E-state index contributed by atoms with van der Waals surface area (Å²) < 4.78 is 1.28. The summed E-state index contributed by atoms with van der Waals surface area (Å²) in [6.45, 7) is 4.07. The number of carbonyl (C=O) groups excluding carboxylic acids is 1. The standard InChI is InChI=1S/C27H26N4O3/c1-18-10-9-15-22(19(18)2)26(33)30(16-20-11-5-3-6-12-20)23-24(28)31(27(34)29-25(23)32)17-21-13-7-4-8-14-21/h3-15H,16-17,28H2,1-2H3,(H,29,32,34). The number of anilines is 2. The van der Waals surface area contributed by atoms with Crippen LogP contribution >= 0.6 is 0 Å². The van der Waals surface area contributed by atoms with Crippen LogP contribution in [0.25, 0.3) is 0 Å². The van der Waals surface area contributed by atoms with Gasteiger partial charge in [-0.15, -0.1) is 0 Å². The lowest BCUT2D eigenvalue weighted by Crippen LogP contribution is -2.41. The van der Waals surface area contributed by atoms with Gasteiger partial charge in [0, 0.05) is 5.56 Å². The van der Waals surface area contributed by atoms with E-state index in [-0.39, 0.29) is 30.5 Å². The maximum absolute atomic E-state index is 13.8. The first-order valence-corrected chi connectivity index (χ1v) is 11.0. The van der Waals surface area contributed by atoms with Gasteiger partial charge in [-0.05, 0) is 42.2 Å². The van der Waals surface area contributed by atoms with Crippen molar-refractivity contribution in [3.8, 4) is 0 Å². The summed E-state index contributed by atoms with van der Waals surface area (Å²) in [5.74, 6) is -0.431. The number of nitrogen functional groups attached to an aromatic ring is 1. The van der Waals surface area contributed by atoms with Gasteiger partial charge in [-0.1, -0.05) is 72.8 Å². The average Bonchev–Trinajstić information content (AvgIpc) is 2.83. The number of nitrogens with two attached hydrogens (primary N) is 1. The minimum absolute atomic E-state index is 0.0507. The molecule has 3 N–H and O–H groups in total. The number of aromatic amines is 1. The molecule has 7 heteroatoms. The Hall–Kier alpha value is -4.39. The van der Waals surface area contributed by atoms with Crippen molar-refractivity contribution in [3.63, 3.8) is 0 Å². The van der Waals surface area contributed by atoms with Crippen LogP contribution in [0.1, 0.15) is 32.6 Å². The van der Waals surface area contributed by atoms with E-state index in [1.165, 1.54) is 9.47 Å². The van der Waals surface area contributed by atoms with E-state index in [1.54, 1.807) is 12.1 Å². The van der Waals surface area contributed by atoms with Crippen LogP contribution < -0.4 is 21.9 Å². The SMILES string of the molecule is Cc1cccc(C(=O)N(Cc2ccccc2)c2c(N)n(Cc3ccccc3)c(=O)[nH]c2=O)c1C. The first kappa shape index (κ1) is 22.8. The van der Waals surface area contributed by atoms with Crippen LogP contribution in [-0.2, 0) is 13.1 Å². The molecule has 0 aliphatic heterocycles. The van der Waals surface area contributed by atoms with Gasteiger partial charge in [-0.2, -0.15) is 0 Å². The van der Waals surface area contributed by atoms with Gasteiger partial charge < -0.3 is 5.73 Å². The summed E-state index contributed by atoms with van der Waals surface area (Å²) in [5, 5.41) is 0. The zero-order valence-electron chi connectivity index (χ0n) is 19.1. The van der Waals surface area contributed by atoms with E-state index in [9.17, 15) is 14.4 Å². The molecule has 0 spiro atoms. The largest absolute Gasteiger partial charge is 0.383 e. The van der Waals surface area contributed by atoms with Crippen LogP contribution in [0, 0.1) is 13.8 Å². The van der Waals surface area contributed by atoms with Gasteiger partial charge in [0.05, 0.1) is 13.1 Å². The molecular weight excluding hydrogens is 428 g/mol. The van der Waals surface area contributed by atoms with Gasteiger partial charge in [-0.3, -0.25) is 24.0 Å². The molecule has 0 bridgehead atoms. The third-order valence-corrected chi connectivity index (χ3v) is 5.93. The summed E-state index contributed by atoms with van der Waals surface area (Å²) in [4.78, 5) is 43.2. The lowest BCUT2D eigenvalue weighted by Gasteiger charge is -2.25. The lowest BCUT2D eigenvalue weighted by molar-refractivity contribution is 0.0984. The van der Waals surface area contributed by atoms with Crippen LogP contribution in [0.5, 0.6) is 0 Å². The Morgan fingerprint density at radius 1 is 0.882 bits per heavy atom. The molecule has 34 heavy (non-hydrogen) atoms. The van der Waals surface area contributed by atoms with E-state index in [0.717, 1.165) is 22.3 Å². The zero-order chi connectivity index (χ0) is 24.2. The summed E-state index contributed by atoms with van der Waals surface area (Å²) in [7, 11) is 0. The zero-order valence-corrected chi connectivity index (χ0v) is 19.1. The Balaban J connectivity index is 1.88. The van der Waals surface area contributed by atoms with Gasteiger partial charge in [0.2, 0.25) is 0 Å². The number of nitrogens with zero attached hydrogens (tertiary/aromatic N) is 2. The molecule has 1 amide bonds. The van der Waals surface area contributed by atoms with Crippen molar-refractivity contribution >= 4 is 17.4 Å². The molecule has 3 aromatic carbocycles. The number of carbonyl (C=O) groups is 1. The van der Waals surface area contributed by atoms with Gasteiger partial charge in [0.25, 0.3) is 11.5 Å². The van der Waals surface area contributed by atoms with E-state index in [0.29, 0.717) is 5.56 Å². The molecule has 0 aliphatic rings. The molecule has 172 valence electrons. The van der Waals surface area contributed by atoms with E-state index < -0.39 is 11.2 Å². The first-order valence-electron chi connectivity index (χ1n) is 11.0. The van der Waals surface area contributed by atoms with Gasteiger partial charge >= 0.3 is 5.69 Å². The monoisotopic (exact) mass is 454 g/mol. The molecule has 1 aromatic heterocycles. The maximum Gasteiger partial charge on any atom is 0.330 e. The number of aromatic nitrogens is 2. The molecule has 1 heterocycles. The fraction of sp³-hybridized carbons (Fsp3) is 0.148. The second kappa shape index (κ2) is 9.62. The number of amides is 1. The highest BCUT2D eigenvalue weighted by Gasteiger charge is 2.27. The van der Waals surface area contributed by atoms with E-state index in [4.69, 9.17) is 5.73 Å². The Labute approximate surface area is 197 Å². The number of benzene rings is 3. The highest BCUT2D eigenvalue weighted by atomic mass is 16.2. The van der Waals surface area contributed by atoms with E-state index >= 15 is 0 Å². The Morgan fingerprint density at radius 3 is 2.15 bits per heavy atom. The number of aryl methyl sites for hydroxylation is 1. The Morgan fingerprint density at radius 2 is 1.50 bits per heavy atom. The minimum Gasteiger partial charge on any atom is -0.383 e. The Kier molecular flexibility index (Phi) is 6.45. The van der Waals surface area contributed by atoms with Gasteiger partial charge in [0.15, 0.2) is 5.69 Å². The smallest absolute Gasteiger partial charge is 0.330 e. The van der Waals surface area contributed by atoms with Crippen LogP contribution in [0.4, 0.5) is 11.5 Å². The molecule has 0 atom stereocenters. The fourth-order valence-corrected chi connectivity index (χ4v) is 3.91. The highest BCUT2D eigenvalue weighted by molar-refractivity contribution is 6.08. The molecule has 0 unspecified atom stereocenters. The van der Waals surface area contributed by atoms with Crippen molar-refractivity contribution in [2.24, 2.45) is 0 Å². The number of rotatable bonds is 6. The molecule has 0 saturated heterocycles. The second-order valence-corrected chi connectivity index (χ2v) is 8.19. The first-order chi connectivity index (χ1) is 16.4. The number of hydrogen-bond donors (Lipinski definition) is 2. The van der Waals surface area contributed by atoms with Crippen molar-refractivity contribution in [2.75, 3.05) is 10.6 Å². The predicted octanol–water partition coefficient (Wildman–Crippen LogP) is 3.63. The van der Waals surface area contributed by atoms with E-state index in [1.807, 2.05) is 80.6 Å². The van der Waals surface area contributed by atoms with E-state index in [2.05, 4.69) is 4.98 Å². The third-order valence-electron chi connectivity index (χ3n) is 5.93. The normalized spacial score (nSPS) is 10.8. The summed E-state index contributed by atoms with van der Waals surface area (Å²) in [6.07, 6.45) is 0. The van der Waals surface area contributed by atoms with Gasteiger partial charge in [0.1, 0.15) is 5.82 Å². The van der Waals surface area contributed by atoms with Crippen molar-refractivity contribution in [3.05, 3.63) is 128 Å². The molecule has 0 radical (unpaired) electrons. The van der Waals surface area contributed by atoms with Crippen molar-refractivity contribution in [1.82, 2.24) is 9.55 Å². The summed E-state index contributed by atoms with van der Waals surface area (Å²) >= 11 is 0. The lowest BCUT2D eigenvalue weighted by atomic mass is 10.0. The molecular formula is C27H26N4O3.